The number of benzene rings is 2. The Hall–Kier alpha value is -1.60. The van der Waals surface area contributed by atoms with Crippen LogP contribution in [0.15, 0.2) is 60.7 Å². The van der Waals surface area contributed by atoms with Gasteiger partial charge in [0.15, 0.2) is 0 Å². The lowest BCUT2D eigenvalue weighted by Crippen LogP contribution is -2.27. The molecule has 0 aliphatic rings. The highest BCUT2D eigenvalue weighted by atomic mass is 16.3. The van der Waals surface area contributed by atoms with Crippen molar-refractivity contribution in [2.75, 3.05) is 0 Å². The molecule has 0 unspecified atom stereocenters. The summed E-state index contributed by atoms with van der Waals surface area (Å²) in [4.78, 5) is 0. The van der Waals surface area contributed by atoms with E-state index in [4.69, 9.17) is 0 Å². The summed E-state index contributed by atoms with van der Waals surface area (Å²) in [6, 6.07) is 20.1. The van der Waals surface area contributed by atoms with E-state index in [-0.39, 0.29) is 0 Å². The molecule has 1 nitrogen and oxygen atoms in total. The van der Waals surface area contributed by atoms with Crippen molar-refractivity contribution in [1.29, 1.82) is 0 Å². The Kier molecular flexibility index (Phi) is 5.42. The molecule has 0 radical (unpaired) electrons. The first-order valence-corrected chi connectivity index (χ1v) is 8.25. The van der Waals surface area contributed by atoms with Gasteiger partial charge in [-0.15, -0.1) is 0 Å². The van der Waals surface area contributed by atoms with Gasteiger partial charge in [0.05, 0.1) is 0 Å². The molecule has 0 aromatic heterocycles. The molecule has 1 heteroatoms. The van der Waals surface area contributed by atoms with E-state index in [1.54, 1.807) is 0 Å². The monoisotopic (exact) mass is 296 g/mol. The third-order valence-electron chi connectivity index (χ3n) is 4.22. The lowest BCUT2D eigenvalue weighted by Gasteiger charge is -2.30. The van der Waals surface area contributed by atoms with Gasteiger partial charge < -0.3 is 5.11 Å². The molecule has 2 aromatic carbocycles. The Morgan fingerprint density at radius 3 is 1.50 bits per heavy atom. The fourth-order valence-electron chi connectivity index (χ4n) is 2.92. The van der Waals surface area contributed by atoms with Gasteiger partial charge >= 0.3 is 0 Å². The van der Waals surface area contributed by atoms with E-state index in [1.807, 2.05) is 60.7 Å². The molecule has 0 fully saturated rings. The van der Waals surface area contributed by atoms with Crippen LogP contribution in [-0.4, -0.2) is 5.11 Å². The van der Waals surface area contributed by atoms with Gasteiger partial charge in [-0.1, -0.05) is 87.9 Å². The van der Waals surface area contributed by atoms with Crippen molar-refractivity contribution >= 4 is 0 Å². The molecule has 0 saturated heterocycles. The zero-order valence-corrected chi connectivity index (χ0v) is 14.0. The summed E-state index contributed by atoms with van der Waals surface area (Å²) in [7, 11) is 0. The number of aliphatic hydroxyl groups is 1. The van der Waals surface area contributed by atoms with Crippen molar-refractivity contribution < 1.29 is 5.11 Å². The number of rotatable bonds is 6. The summed E-state index contributed by atoms with van der Waals surface area (Å²) in [6.07, 6.45) is 4.12. The fraction of sp³-hybridized carbons (Fsp3) is 0.429. The van der Waals surface area contributed by atoms with Crippen LogP contribution in [0.5, 0.6) is 0 Å². The van der Waals surface area contributed by atoms with E-state index in [1.165, 1.54) is 6.42 Å². The topological polar surface area (TPSA) is 20.2 Å². The van der Waals surface area contributed by atoms with Crippen molar-refractivity contribution in [3.8, 4) is 0 Å². The highest BCUT2D eigenvalue weighted by Gasteiger charge is 2.30. The van der Waals surface area contributed by atoms with Crippen LogP contribution in [0.4, 0.5) is 0 Å². The SMILES string of the molecule is CC(C)(C)CCCCC(O)(c1ccccc1)c1ccccc1. The lowest BCUT2D eigenvalue weighted by molar-refractivity contribution is 0.0670. The summed E-state index contributed by atoms with van der Waals surface area (Å²) < 4.78 is 0. The summed E-state index contributed by atoms with van der Waals surface area (Å²) >= 11 is 0. The molecular weight excluding hydrogens is 268 g/mol. The zero-order valence-electron chi connectivity index (χ0n) is 14.0. The molecule has 0 amide bonds. The van der Waals surface area contributed by atoms with Crippen LogP contribution in [0.2, 0.25) is 0 Å². The minimum atomic E-state index is -0.888. The average Bonchev–Trinajstić information content (AvgIpc) is 2.52. The molecule has 2 aromatic rings. The average molecular weight is 296 g/mol. The largest absolute Gasteiger partial charge is 0.380 e. The van der Waals surface area contributed by atoms with Crippen LogP contribution in [-0.2, 0) is 5.60 Å². The van der Waals surface area contributed by atoms with Crippen molar-refractivity contribution in [2.45, 2.75) is 52.1 Å². The molecule has 22 heavy (non-hydrogen) atoms. The second-order valence-electron chi connectivity index (χ2n) is 7.36. The third-order valence-corrected chi connectivity index (χ3v) is 4.22. The van der Waals surface area contributed by atoms with Crippen molar-refractivity contribution in [3.05, 3.63) is 71.8 Å². The van der Waals surface area contributed by atoms with Crippen molar-refractivity contribution in [1.82, 2.24) is 0 Å². The Morgan fingerprint density at radius 1 is 0.682 bits per heavy atom. The predicted molar refractivity (Wildman–Crippen MR) is 93.8 cm³/mol. The molecule has 1 N–H and O–H groups in total. The summed E-state index contributed by atoms with van der Waals surface area (Å²) in [5, 5.41) is 11.4. The van der Waals surface area contributed by atoms with Crippen molar-refractivity contribution in [3.63, 3.8) is 0 Å². The molecule has 0 bridgehead atoms. The summed E-state index contributed by atoms with van der Waals surface area (Å²) in [5.74, 6) is 0. The van der Waals surface area contributed by atoms with Crippen LogP contribution >= 0.6 is 0 Å². The minimum Gasteiger partial charge on any atom is -0.380 e. The Bertz CT molecular complexity index is 512. The lowest BCUT2D eigenvalue weighted by atomic mass is 9.81. The van der Waals surface area contributed by atoms with Crippen LogP contribution in [0, 0.1) is 5.41 Å². The first-order chi connectivity index (χ1) is 10.4. The van der Waals surface area contributed by atoms with Gasteiger partial charge in [0.2, 0.25) is 0 Å². The molecule has 0 aliphatic heterocycles. The van der Waals surface area contributed by atoms with Gasteiger partial charge in [-0.3, -0.25) is 0 Å². The van der Waals surface area contributed by atoms with E-state index in [9.17, 15) is 5.11 Å². The van der Waals surface area contributed by atoms with Gasteiger partial charge in [0.1, 0.15) is 5.60 Å². The fourth-order valence-corrected chi connectivity index (χ4v) is 2.92. The van der Waals surface area contributed by atoms with E-state index in [2.05, 4.69) is 20.8 Å². The summed E-state index contributed by atoms with van der Waals surface area (Å²) in [5.41, 5.74) is 1.44. The molecule has 2 rings (SSSR count). The zero-order chi connectivity index (χ0) is 16.1. The van der Waals surface area contributed by atoms with Gasteiger partial charge in [-0.2, -0.15) is 0 Å². The first-order valence-electron chi connectivity index (χ1n) is 8.25. The second-order valence-corrected chi connectivity index (χ2v) is 7.36. The minimum absolute atomic E-state index is 0.359. The Balaban J connectivity index is 2.17. The van der Waals surface area contributed by atoms with E-state index >= 15 is 0 Å². The van der Waals surface area contributed by atoms with Gasteiger partial charge in [0, 0.05) is 0 Å². The van der Waals surface area contributed by atoms with E-state index in [0.29, 0.717) is 5.41 Å². The van der Waals surface area contributed by atoms with Crippen LogP contribution in [0.1, 0.15) is 57.6 Å². The molecule has 0 spiro atoms. The highest BCUT2D eigenvalue weighted by Crippen LogP contribution is 2.35. The smallest absolute Gasteiger partial charge is 0.115 e. The molecule has 0 atom stereocenters. The summed E-state index contributed by atoms with van der Waals surface area (Å²) in [6.45, 7) is 6.81. The van der Waals surface area contributed by atoms with Gasteiger partial charge in [-0.05, 0) is 35.8 Å². The van der Waals surface area contributed by atoms with Crippen molar-refractivity contribution in [2.24, 2.45) is 5.41 Å². The molecule has 0 aliphatic carbocycles. The molecule has 0 saturated carbocycles. The number of hydrogen-bond donors (Lipinski definition) is 1. The molecule has 118 valence electrons. The maximum absolute atomic E-state index is 11.4. The quantitative estimate of drug-likeness (QED) is 0.695. The van der Waals surface area contributed by atoms with Gasteiger partial charge in [0.25, 0.3) is 0 Å². The highest BCUT2D eigenvalue weighted by molar-refractivity contribution is 5.35. The Labute approximate surface area is 135 Å². The maximum Gasteiger partial charge on any atom is 0.115 e. The van der Waals surface area contributed by atoms with E-state index in [0.717, 1.165) is 30.4 Å². The van der Waals surface area contributed by atoms with Gasteiger partial charge in [-0.25, -0.2) is 0 Å². The molecular formula is C21H28O. The first kappa shape index (κ1) is 16.8. The second kappa shape index (κ2) is 7.11. The Morgan fingerprint density at radius 2 is 1.09 bits per heavy atom. The van der Waals surface area contributed by atoms with E-state index < -0.39 is 5.60 Å². The van der Waals surface area contributed by atoms with Crippen LogP contribution in [0.25, 0.3) is 0 Å². The normalized spacial score (nSPS) is 12.4. The third kappa shape index (κ3) is 4.45. The number of unbranched alkanes of at least 4 members (excludes halogenated alkanes) is 1. The predicted octanol–water partition coefficient (Wildman–Crippen LogP) is 5.53. The standard InChI is InChI=1S/C21H28O/c1-20(2,3)16-10-11-17-21(22,18-12-6-4-7-13-18)19-14-8-5-9-15-19/h4-9,12-15,22H,10-11,16-17H2,1-3H3. The maximum atomic E-state index is 11.4. The van der Waals surface area contributed by atoms with Crippen LogP contribution in [0.3, 0.4) is 0 Å². The molecule has 0 heterocycles. The van der Waals surface area contributed by atoms with Crippen LogP contribution < -0.4 is 0 Å². The number of hydrogen-bond acceptors (Lipinski definition) is 1.